The van der Waals surface area contributed by atoms with Crippen molar-refractivity contribution in [1.82, 2.24) is 20.5 Å². The number of rotatable bonds is 5. The minimum absolute atomic E-state index is 0.0352. The number of likely N-dealkylation sites (tertiary alicyclic amines) is 1. The molecule has 3 N–H and O–H groups in total. The Morgan fingerprint density at radius 2 is 1.71 bits per heavy atom. The van der Waals surface area contributed by atoms with Crippen molar-refractivity contribution in [2.45, 2.75) is 45.3 Å². The van der Waals surface area contributed by atoms with Crippen LogP contribution in [0.4, 0.5) is 4.79 Å². The van der Waals surface area contributed by atoms with Gasteiger partial charge in [-0.1, -0.05) is 18.2 Å². The van der Waals surface area contributed by atoms with Crippen LogP contribution >= 0.6 is 0 Å². The molecule has 1 fully saturated rings. The van der Waals surface area contributed by atoms with E-state index in [0.717, 1.165) is 33.2 Å². The van der Waals surface area contributed by atoms with Crippen molar-refractivity contribution in [3.63, 3.8) is 0 Å². The molecule has 4 aromatic rings. The summed E-state index contributed by atoms with van der Waals surface area (Å²) in [6.45, 7) is 6.56. The molecule has 3 amide bonds. The number of carbonyl (C=O) groups is 3. The number of hydrogen-bond donors (Lipinski definition) is 3. The molecule has 41 heavy (non-hydrogen) atoms. The van der Waals surface area contributed by atoms with E-state index >= 15 is 0 Å². The van der Waals surface area contributed by atoms with Crippen LogP contribution in [-0.2, 0) is 4.74 Å². The molecule has 0 spiro atoms. The number of piperidine rings is 1. The Labute approximate surface area is 239 Å². The predicted molar refractivity (Wildman–Crippen MR) is 159 cm³/mol. The molecule has 0 atom stereocenters. The van der Waals surface area contributed by atoms with Crippen molar-refractivity contribution >= 4 is 39.7 Å². The zero-order valence-electron chi connectivity index (χ0n) is 24.1. The molecule has 0 unspecified atom stereocenters. The maximum absolute atomic E-state index is 13.4. The number of hydrogen-bond acceptors (Lipinski definition) is 5. The summed E-state index contributed by atoms with van der Waals surface area (Å²) < 4.78 is 10.8. The summed E-state index contributed by atoms with van der Waals surface area (Å²) in [6.07, 6.45) is 0.877. The van der Waals surface area contributed by atoms with E-state index in [1.807, 2.05) is 74.2 Å². The number of alkyl carbamates (subject to hydrolysis) is 1. The van der Waals surface area contributed by atoms with Gasteiger partial charge in [0.25, 0.3) is 11.8 Å². The van der Waals surface area contributed by atoms with Crippen molar-refractivity contribution < 1.29 is 23.9 Å². The van der Waals surface area contributed by atoms with Crippen LogP contribution in [0.3, 0.4) is 0 Å². The molecular formula is C32H36N4O5. The smallest absolute Gasteiger partial charge is 0.407 e. The fourth-order valence-corrected chi connectivity index (χ4v) is 5.31. The SMILES string of the molecule is CNC(=O)c1cc(-c2cccc(OC)c2)cc2c1[nH]c1cc(C(=O)N3CCC(NC(=O)OC(C)(C)C)CC3)ccc12. The number of methoxy groups -OCH3 is 1. The molecule has 1 aliphatic heterocycles. The zero-order chi connectivity index (χ0) is 29.3. The quantitative estimate of drug-likeness (QED) is 0.301. The molecule has 2 heterocycles. The molecule has 9 heteroatoms. The molecule has 0 saturated carbocycles. The normalized spacial score (nSPS) is 14.2. The fraction of sp³-hybridized carbons (Fsp3) is 0.344. The van der Waals surface area contributed by atoms with Crippen LogP contribution in [0.25, 0.3) is 32.9 Å². The number of benzene rings is 3. The van der Waals surface area contributed by atoms with Gasteiger partial charge < -0.3 is 30.0 Å². The van der Waals surface area contributed by atoms with E-state index in [4.69, 9.17) is 9.47 Å². The van der Waals surface area contributed by atoms with Crippen LogP contribution in [0.15, 0.2) is 54.6 Å². The largest absolute Gasteiger partial charge is 0.497 e. The van der Waals surface area contributed by atoms with Crippen LogP contribution in [0.2, 0.25) is 0 Å². The van der Waals surface area contributed by atoms with E-state index in [9.17, 15) is 14.4 Å². The number of aromatic amines is 1. The Kier molecular flexibility index (Phi) is 7.62. The van der Waals surface area contributed by atoms with Crippen molar-refractivity contribution in [2.75, 3.05) is 27.2 Å². The van der Waals surface area contributed by atoms with E-state index < -0.39 is 11.7 Å². The molecular weight excluding hydrogens is 520 g/mol. The highest BCUT2D eigenvalue weighted by Gasteiger charge is 2.27. The highest BCUT2D eigenvalue weighted by Crippen LogP contribution is 2.34. The Morgan fingerprint density at radius 3 is 2.39 bits per heavy atom. The number of aromatic nitrogens is 1. The second-order valence-corrected chi connectivity index (χ2v) is 11.4. The summed E-state index contributed by atoms with van der Waals surface area (Å²) in [6, 6.07) is 17.2. The van der Waals surface area contributed by atoms with E-state index in [0.29, 0.717) is 42.6 Å². The third kappa shape index (κ3) is 5.99. The number of ether oxygens (including phenoxy) is 2. The molecule has 0 radical (unpaired) electrons. The fourth-order valence-electron chi connectivity index (χ4n) is 5.31. The Morgan fingerprint density at radius 1 is 0.951 bits per heavy atom. The van der Waals surface area contributed by atoms with Gasteiger partial charge in [-0.2, -0.15) is 0 Å². The minimum Gasteiger partial charge on any atom is -0.497 e. The lowest BCUT2D eigenvalue weighted by Crippen LogP contribution is -2.47. The third-order valence-corrected chi connectivity index (χ3v) is 7.33. The van der Waals surface area contributed by atoms with Crippen molar-refractivity contribution in [1.29, 1.82) is 0 Å². The van der Waals surface area contributed by atoms with E-state index in [-0.39, 0.29) is 17.9 Å². The summed E-state index contributed by atoms with van der Waals surface area (Å²) in [7, 11) is 3.23. The lowest BCUT2D eigenvalue weighted by Gasteiger charge is -2.33. The van der Waals surface area contributed by atoms with Gasteiger partial charge in [-0.05, 0) is 81.1 Å². The summed E-state index contributed by atoms with van der Waals surface area (Å²) in [5, 5.41) is 7.47. The van der Waals surface area contributed by atoms with E-state index in [1.54, 1.807) is 14.2 Å². The molecule has 1 aliphatic rings. The van der Waals surface area contributed by atoms with Crippen LogP contribution in [0.1, 0.15) is 54.3 Å². The second-order valence-electron chi connectivity index (χ2n) is 11.4. The standard InChI is InChI=1S/C32H36N4O5/c1-32(2,3)41-31(39)34-22-11-13-36(14-12-22)30(38)20-9-10-24-25-16-21(19-7-6-8-23(15-19)40-5)17-26(29(37)33-4)28(25)35-27(24)18-20/h6-10,15-18,22,35H,11-14H2,1-5H3,(H,33,37)(H,34,39). The first-order chi connectivity index (χ1) is 19.6. The number of nitrogens with zero attached hydrogens (tertiary/aromatic N) is 1. The number of H-pyrrole nitrogens is 1. The topological polar surface area (TPSA) is 113 Å². The first kappa shape index (κ1) is 28.0. The summed E-state index contributed by atoms with van der Waals surface area (Å²) in [4.78, 5) is 43.7. The average molecular weight is 557 g/mol. The second kappa shape index (κ2) is 11.2. The van der Waals surface area contributed by atoms with Crippen molar-refractivity contribution in [3.8, 4) is 16.9 Å². The molecule has 1 saturated heterocycles. The molecule has 0 bridgehead atoms. The molecule has 214 valence electrons. The van der Waals surface area contributed by atoms with Gasteiger partial charge in [-0.3, -0.25) is 9.59 Å². The third-order valence-electron chi connectivity index (χ3n) is 7.33. The van der Waals surface area contributed by atoms with E-state index in [1.165, 1.54) is 0 Å². The highest BCUT2D eigenvalue weighted by molar-refractivity contribution is 6.17. The van der Waals surface area contributed by atoms with Crippen LogP contribution < -0.4 is 15.4 Å². The van der Waals surface area contributed by atoms with Crippen molar-refractivity contribution in [3.05, 3.63) is 65.7 Å². The predicted octanol–water partition coefficient (Wildman–Crippen LogP) is 5.49. The first-order valence-corrected chi connectivity index (χ1v) is 13.8. The molecule has 0 aliphatic carbocycles. The van der Waals surface area contributed by atoms with Crippen LogP contribution in [0.5, 0.6) is 5.75 Å². The number of fused-ring (bicyclic) bond motifs is 3. The van der Waals surface area contributed by atoms with Gasteiger partial charge in [0.1, 0.15) is 11.4 Å². The van der Waals surface area contributed by atoms with Gasteiger partial charge in [-0.15, -0.1) is 0 Å². The summed E-state index contributed by atoms with van der Waals surface area (Å²) in [5.41, 5.74) is 3.84. The molecule has 9 nitrogen and oxygen atoms in total. The monoisotopic (exact) mass is 556 g/mol. The van der Waals surface area contributed by atoms with Gasteiger partial charge in [0, 0.05) is 48.0 Å². The number of carbonyl (C=O) groups excluding carboxylic acids is 3. The van der Waals surface area contributed by atoms with Gasteiger partial charge in [-0.25, -0.2) is 4.79 Å². The minimum atomic E-state index is -0.556. The number of nitrogens with one attached hydrogen (secondary N) is 3. The lowest BCUT2D eigenvalue weighted by molar-refractivity contribution is 0.0473. The Balaban J connectivity index is 1.40. The summed E-state index contributed by atoms with van der Waals surface area (Å²) >= 11 is 0. The Hall–Kier alpha value is -4.53. The van der Waals surface area contributed by atoms with Gasteiger partial charge in [0.2, 0.25) is 0 Å². The first-order valence-electron chi connectivity index (χ1n) is 13.8. The highest BCUT2D eigenvalue weighted by atomic mass is 16.6. The summed E-state index contributed by atoms with van der Waals surface area (Å²) in [5.74, 6) is 0.464. The van der Waals surface area contributed by atoms with Crippen LogP contribution in [-0.4, -0.2) is 66.7 Å². The van der Waals surface area contributed by atoms with Gasteiger partial charge in [0.15, 0.2) is 0 Å². The van der Waals surface area contributed by atoms with Gasteiger partial charge in [0.05, 0.1) is 18.2 Å². The number of amides is 3. The average Bonchev–Trinajstić information content (AvgIpc) is 3.33. The molecule has 1 aromatic heterocycles. The van der Waals surface area contributed by atoms with Crippen molar-refractivity contribution in [2.24, 2.45) is 0 Å². The zero-order valence-corrected chi connectivity index (χ0v) is 24.1. The Bertz CT molecular complexity index is 1630. The van der Waals surface area contributed by atoms with Gasteiger partial charge >= 0.3 is 6.09 Å². The maximum atomic E-state index is 13.4. The molecule has 3 aromatic carbocycles. The van der Waals surface area contributed by atoms with E-state index in [2.05, 4.69) is 21.7 Å². The maximum Gasteiger partial charge on any atom is 0.407 e. The lowest BCUT2D eigenvalue weighted by atomic mass is 9.98. The van der Waals surface area contributed by atoms with Crippen LogP contribution in [0, 0.1) is 0 Å². The molecule has 5 rings (SSSR count).